The van der Waals surface area contributed by atoms with Crippen molar-refractivity contribution in [2.24, 2.45) is 11.8 Å². The zero-order valence-corrected chi connectivity index (χ0v) is 16.1. The summed E-state index contributed by atoms with van der Waals surface area (Å²) in [5.41, 5.74) is 0. The number of carbonyl (C=O) groups excluding carboxylic acids is 2. The smallest absolute Gasteiger partial charge is 0.246 e. The van der Waals surface area contributed by atoms with Gasteiger partial charge < -0.3 is 9.80 Å². The predicted molar refractivity (Wildman–Crippen MR) is 102 cm³/mol. The minimum absolute atomic E-state index is 0.0588. The van der Waals surface area contributed by atoms with Crippen LogP contribution in [0.4, 0.5) is 0 Å². The van der Waals surface area contributed by atoms with Crippen LogP contribution in [0.3, 0.4) is 0 Å². The molecule has 1 atom stereocenters. The summed E-state index contributed by atoms with van der Waals surface area (Å²) in [6.45, 7) is 7.47. The largest absolute Gasteiger partial charge is 0.342 e. The lowest BCUT2D eigenvalue weighted by molar-refractivity contribution is -0.140. The van der Waals surface area contributed by atoms with Crippen molar-refractivity contribution in [3.63, 3.8) is 0 Å². The highest BCUT2D eigenvalue weighted by Crippen LogP contribution is 2.24. The molecule has 2 amide bonds. The Kier molecular flexibility index (Phi) is 5.94. The first-order chi connectivity index (χ1) is 12.0. The number of hydrogen-bond donors (Lipinski definition) is 0. The number of carbonyl (C=O) groups is 2. The van der Waals surface area contributed by atoms with Gasteiger partial charge in [0.1, 0.15) is 0 Å². The number of thiophene rings is 1. The van der Waals surface area contributed by atoms with Crippen molar-refractivity contribution in [3.8, 4) is 0 Å². The van der Waals surface area contributed by atoms with Gasteiger partial charge in [-0.1, -0.05) is 6.92 Å². The number of piperidine rings is 2. The molecule has 0 radical (unpaired) electrons. The van der Waals surface area contributed by atoms with Gasteiger partial charge in [0, 0.05) is 47.9 Å². The summed E-state index contributed by atoms with van der Waals surface area (Å²) in [6.07, 6.45) is 7.50. The van der Waals surface area contributed by atoms with E-state index in [0.717, 1.165) is 37.2 Å². The lowest BCUT2D eigenvalue weighted by atomic mass is 9.92. The number of rotatable bonds is 3. The molecule has 3 heterocycles. The molecule has 2 saturated heterocycles. The third-order valence-corrected chi connectivity index (χ3v) is 6.24. The van der Waals surface area contributed by atoms with Crippen LogP contribution in [0.15, 0.2) is 18.2 Å². The van der Waals surface area contributed by atoms with Gasteiger partial charge >= 0.3 is 0 Å². The van der Waals surface area contributed by atoms with Gasteiger partial charge in [0.05, 0.1) is 0 Å². The number of aryl methyl sites for hydroxylation is 1. The summed E-state index contributed by atoms with van der Waals surface area (Å²) in [6, 6.07) is 4.10. The van der Waals surface area contributed by atoms with Crippen LogP contribution in [0.2, 0.25) is 0 Å². The SMILES string of the molecule is Cc1ccc(/C=C/C(=O)N2CCC(C(=O)N3CCCC(C)C3)CC2)s1. The van der Waals surface area contributed by atoms with Crippen molar-refractivity contribution in [1.29, 1.82) is 0 Å². The Bertz CT molecular complexity index is 644. The van der Waals surface area contributed by atoms with E-state index < -0.39 is 0 Å². The topological polar surface area (TPSA) is 40.6 Å². The van der Waals surface area contributed by atoms with E-state index in [4.69, 9.17) is 0 Å². The first-order valence-electron chi connectivity index (χ1n) is 9.35. The molecule has 3 rings (SSSR count). The van der Waals surface area contributed by atoms with Crippen molar-refractivity contribution in [2.75, 3.05) is 26.2 Å². The predicted octanol–water partition coefficient (Wildman–Crippen LogP) is 3.57. The minimum atomic E-state index is 0.0588. The van der Waals surface area contributed by atoms with E-state index in [1.165, 1.54) is 11.3 Å². The Labute approximate surface area is 154 Å². The van der Waals surface area contributed by atoms with Crippen LogP contribution in [-0.4, -0.2) is 47.8 Å². The summed E-state index contributed by atoms with van der Waals surface area (Å²) < 4.78 is 0. The molecule has 136 valence electrons. The van der Waals surface area contributed by atoms with Gasteiger partial charge in [-0.2, -0.15) is 0 Å². The lowest BCUT2D eigenvalue weighted by Crippen LogP contribution is -2.46. The molecule has 2 fully saturated rings. The standard InChI is InChI=1S/C20H28N2O2S/c1-15-4-3-11-22(14-15)20(24)17-9-12-21(13-10-17)19(23)8-7-18-6-5-16(2)25-18/h5-8,15,17H,3-4,9-14H2,1-2H3/b8-7+. The van der Waals surface area contributed by atoms with Gasteiger partial charge in [-0.05, 0) is 56.7 Å². The number of hydrogen-bond acceptors (Lipinski definition) is 3. The van der Waals surface area contributed by atoms with Crippen LogP contribution >= 0.6 is 11.3 Å². The molecule has 2 aliphatic heterocycles. The molecule has 0 N–H and O–H groups in total. The third-order valence-electron chi connectivity index (χ3n) is 5.28. The summed E-state index contributed by atoms with van der Waals surface area (Å²) in [7, 11) is 0. The molecule has 0 saturated carbocycles. The second kappa shape index (κ2) is 8.17. The molecule has 0 spiro atoms. The van der Waals surface area contributed by atoms with Crippen molar-refractivity contribution in [2.45, 2.75) is 39.5 Å². The number of nitrogens with zero attached hydrogens (tertiary/aromatic N) is 2. The molecule has 1 unspecified atom stereocenters. The van der Waals surface area contributed by atoms with Gasteiger partial charge in [-0.3, -0.25) is 9.59 Å². The van der Waals surface area contributed by atoms with Crippen molar-refractivity contribution >= 4 is 29.2 Å². The van der Waals surface area contributed by atoms with Crippen LogP contribution in [-0.2, 0) is 9.59 Å². The average Bonchev–Trinajstić information content (AvgIpc) is 3.04. The molecule has 0 aliphatic carbocycles. The fourth-order valence-corrected chi connectivity index (χ4v) is 4.58. The van der Waals surface area contributed by atoms with E-state index in [-0.39, 0.29) is 11.8 Å². The average molecular weight is 361 g/mol. The van der Waals surface area contributed by atoms with Gasteiger partial charge in [0.15, 0.2) is 0 Å². The van der Waals surface area contributed by atoms with Gasteiger partial charge in [-0.15, -0.1) is 11.3 Å². The summed E-state index contributed by atoms with van der Waals surface area (Å²) >= 11 is 1.69. The Morgan fingerprint density at radius 1 is 1.12 bits per heavy atom. The molecular formula is C20H28N2O2S. The van der Waals surface area contributed by atoms with Crippen LogP contribution in [0.5, 0.6) is 0 Å². The lowest BCUT2D eigenvalue weighted by Gasteiger charge is -2.37. The maximum absolute atomic E-state index is 12.7. The van der Waals surface area contributed by atoms with E-state index in [1.807, 2.05) is 17.0 Å². The van der Waals surface area contributed by atoms with Gasteiger partial charge in [-0.25, -0.2) is 0 Å². The highest BCUT2D eigenvalue weighted by Gasteiger charge is 2.31. The highest BCUT2D eigenvalue weighted by molar-refractivity contribution is 7.12. The van der Waals surface area contributed by atoms with E-state index in [2.05, 4.69) is 24.8 Å². The maximum atomic E-state index is 12.7. The fraction of sp³-hybridized carbons (Fsp3) is 0.600. The number of likely N-dealkylation sites (tertiary alicyclic amines) is 2. The zero-order chi connectivity index (χ0) is 17.8. The highest BCUT2D eigenvalue weighted by atomic mass is 32.1. The monoisotopic (exact) mass is 360 g/mol. The maximum Gasteiger partial charge on any atom is 0.246 e. The zero-order valence-electron chi connectivity index (χ0n) is 15.2. The minimum Gasteiger partial charge on any atom is -0.342 e. The molecule has 0 aromatic carbocycles. The number of amides is 2. The molecule has 1 aromatic rings. The van der Waals surface area contributed by atoms with Crippen LogP contribution in [0, 0.1) is 18.8 Å². The van der Waals surface area contributed by atoms with E-state index >= 15 is 0 Å². The molecule has 4 nitrogen and oxygen atoms in total. The van der Waals surface area contributed by atoms with E-state index in [0.29, 0.717) is 24.9 Å². The second-order valence-corrected chi connectivity index (χ2v) is 8.73. The molecular weight excluding hydrogens is 332 g/mol. The molecule has 1 aromatic heterocycles. The molecule has 0 bridgehead atoms. The molecule has 5 heteroatoms. The van der Waals surface area contributed by atoms with Gasteiger partial charge in [0.25, 0.3) is 0 Å². The molecule has 25 heavy (non-hydrogen) atoms. The van der Waals surface area contributed by atoms with Crippen molar-refractivity contribution in [3.05, 3.63) is 28.0 Å². The Hall–Kier alpha value is -1.62. The Morgan fingerprint density at radius 3 is 2.52 bits per heavy atom. The Morgan fingerprint density at radius 2 is 1.88 bits per heavy atom. The van der Waals surface area contributed by atoms with Gasteiger partial charge in [0.2, 0.25) is 11.8 Å². The van der Waals surface area contributed by atoms with E-state index in [1.54, 1.807) is 17.4 Å². The van der Waals surface area contributed by atoms with Crippen molar-refractivity contribution in [1.82, 2.24) is 9.80 Å². The third kappa shape index (κ3) is 4.72. The Balaban J connectivity index is 1.48. The second-order valence-electron chi connectivity index (χ2n) is 7.41. The summed E-state index contributed by atoms with van der Waals surface area (Å²) in [5.74, 6) is 1.08. The fourth-order valence-electron chi connectivity index (χ4n) is 3.80. The van der Waals surface area contributed by atoms with Crippen LogP contribution in [0.25, 0.3) is 6.08 Å². The first-order valence-corrected chi connectivity index (χ1v) is 10.2. The van der Waals surface area contributed by atoms with Crippen LogP contribution < -0.4 is 0 Å². The van der Waals surface area contributed by atoms with Crippen molar-refractivity contribution < 1.29 is 9.59 Å². The van der Waals surface area contributed by atoms with E-state index in [9.17, 15) is 9.59 Å². The molecule has 2 aliphatic rings. The summed E-state index contributed by atoms with van der Waals surface area (Å²) in [4.78, 5) is 31.3. The quantitative estimate of drug-likeness (QED) is 0.773. The van der Waals surface area contributed by atoms with Crippen LogP contribution in [0.1, 0.15) is 42.4 Å². The normalized spacial score (nSPS) is 22.6. The summed E-state index contributed by atoms with van der Waals surface area (Å²) in [5, 5.41) is 0. The first kappa shape index (κ1) is 18.2.